The van der Waals surface area contributed by atoms with E-state index in [0.29, 0.717) is 24.6 Å². The Hall–Kier alpha value is -4.07. The van der Waals surface area contributed by atoms with Crippen LogP contribution in [0.15, 0.2) is 60.8 Å². The van der Waals surface area contributed by atoms with Crippen molar-refractivity contribution in [2.45, 2.75) is 13.8 Å². The van der Waals surface area contributed by atoms with Crippen LogP contribution >= 0.6 is 0 Å². The van der Waals surface area contributed by atoms with Gasteiger partial charge >= 0.3 is 5.97 Å². The van der Waals surface area contributed by atoms with E-state index in [0.717, 1.165) is 22.3 Å². The van der Waals surface area contributed by atoms with Crippen LogP contribution in [0.2, 0.25) is 0 Å². The number of hydrogen-bond donors (Lipinski definition) is 2. The summed E-state index contributed by atoms with van der Waals surface area (Å²) in [5.74, 6) is 0.0478. The summed E-state index contributed by atoms with van der Waals surface area (Å²) in [5, 5.41) is 8.02. The highest BCUT2D eigenvalue weighted by molar-refractivity contribution is 6.06. The number of benzene rings is 2. The minimum absolute atomic E-state index is 0.241. The Morgan fingerprint density at radius 3 is 2.58 bits per heavy atom. The molecule has 0 saturated heterocycles. The number of esters is 1. The third-order valence-electron chi connectivity index (χ3n) is 4.61. The van der Waals surface area contributed by atoms with Crippen LogP contribution in [0, 0.1) is 0 Å². The number of amides is 1. The summed E-state index contributed by atoms with van der Waals surface area (Å²) >= 11 is 0. The number of aromatic nitrogens is 3. The zero-order valence-corrected chi connectivity index (χ0v) is 17.2. The number of hydrogen-bond acceptors (Lipinski definition) is 5. The van der Waals surface area contributed by atoms with Gasteiger partial charge in [0.1, 0.15) is 11.4 Å². The molecule has 8 nitrogen and oxygen atoms in total. The fourth-order valence-electron chi connectivity index (χ4n) is 3.16. The second-order valence-electron chi connectivity index (χ2n) is 6.73. The maximum absolute atomic E-state index is 12.6. The standard InChI is InChI=1S/C23H22N4O4/c1-3-30-18-10-5-15-13-21(25-20(15)14-18)22(28)24-16-6-8-17(9-7-16)27-12-11-19(26-27)23(29)31-4-2/h5-14,25H,3-4H2,1-2H3,(H,24,28). The van der Waals surface area contributed by atoms with Gasteiger partial charge in [-0.1, -0.05) is 0 Å². The Kier molecular flexibility index (Phi) is 5.70. The number of carbonyl (C=O) groups excluding carboxylic acids is 2. The van der Waals surface area contributed by atoms with Gasteiger partial charge in [-0.05, 0) is 62.4 Å². The molecule has 2 N–H and O–H groups in total. The van der Waals surface area contributed by atoms with Gasteiger partial charge in [0.05, 0.1) is 18.9 Å². The molecule has 0 saturated carbocycles. The van der Waals surface area contributed by atoms with Crippen LogP contribution in [0.1, 0.15) is 34.8 Å². The Morgan fingerprint density at radius 1 is 1.03 bits per heavy atom. The maximum Gasteiger partial charge on any atom is 0.358 e. The van der Waals surface area contributed by atoms with Crippen molar-refractivity contribution in [3.05, 3.63) is 72.2 Å². The van der Waals surface area contributed by atoms with Crippen LogP contribution < -0.4 is 10.1 Å². The van der Waals surface area contributed by atoms with Crippen LogP contribution in [0.5, 0.6) is 5.75 Å². The van der Waals surface area contributed by atoms with Gasteiger partial charge in [0.15, 0.2) is 5.69 Å². The monoisotopic (exact) mass is 418 g/mol. The van der Waals surface area contributed by atoms with Crippen LogP contribution in [-0.4, -0.2) is 39.9 Å². The molecule has 8 heteroatoms. The van der Waals surface area contributed by atoms with E-state index in [9.17, 15) is 9.59 Å². The molecule has 0 unspecified atom stereocenters. The molecular formula is C23H22N4O4. The Balaban J connectivity index is 1.46. The zero-order chi connectivity index (χ0) is 21.8. The number of aromatic amines is 1. The molecule has 2 aromatic carbocycles. The van der Waals surface area contributed by atoms with Crippen LogP contribution in [0.3, 0.4) is 0 Å². The second kappa shape index (κ2) is 8.74. The molecule has 0 bridgehead atoms. The van der Waals surface area contributed by atoms with Gasteiger partial charge in [0, 0.05) is 28.9 Å². The molecule has 0 atom stereocenters. The zero-order valence-electron chi connectivity index (χ0n) is 17.2. The van der Waals surface area contributed by atoms with Crippen molar-refractivity contribution in [1.29, 1.82) is 0 Å². The molecule has 158 valence electrons. The Labute approximate surface area is 178 Å². The highest BCUT2D eigenvalue weighted by Crippen LogP contribution is 2.22. The molecule has 2 aromatic heterocycles. The van der Waals surface area contributed by atoms with Crippen molar-refractivity contribution in [3.8, 4) is 11.4 Å². The van der Waals surface area contributed by atoms with Crippen molar-refractivity contribution >= 4 is 28.5 Å². The summed E-state index contributed by atoms with van der Waals surface area (Å²) in [6, 6.07) is 16.2. The molecule has 0 radical (unpaired) electrons. The van der Waals surface area contributed by atoms with Crippen LogP contribution in [-0.2, 0) is 4.74 Å². The lowest BCUT2D eigenvalue weighted by Crippen LogP contribution is -2.12. The highest BCUT2D eigenvalue weighted by atomic mass is 16.5. The van der Waals surface area contributed by atoms with E-state index < -0.39 is 5.97 Å². The first-order valence-corrected chi connectivity index (χ1v) is 9.97. The largest absolute Gasteiger partial charge is 0.494 e. The van der Waals surface area contributed by atoms with E-state index in [4.69, 9.17) is 9.47 Å². The number of nitrogens with zero attached hydrogens (tertiary/aromatic N) is 2. The van der Waals surface area contributed by atoms with Crippen molar-refractivity contribution in [2.24, 2.45) is 0 Å². The predicted octanol–water partition coefficient (Wildman–Crippen LogP) is 4.18. The summed E-state index contributed by atoms with van der Waals surface area (Å²) in [7, 11) is 0. The van der Waals surface area contributed by atoms with Gasteiger partial charge in [0.25, 0.3) is 5.91 Å². The fourth-order valence-corrected chi connectivity index (χ4v) is 3.16. The number of H-pyrrole nitrogens is 1. The van der Waals surface area contributed by atoms with Gasteiger partial charge in [-0.25, -0.2) is 9.48 Å². The van der Waals surface area contributed by atoms with E-state index in [2.05, 4.69) is 15.4 Å². The predicted molar refractivity (Wildman–Crippen MR) is 117 cm³/mol. The first kappa shape index (κ1) is 20.2. The van der Waals surface area contributed by atoms with E-state index in [-0.39, 0.29) is 11.6 Å². The SMILES string of the molecule is CCOC(=O)c1ccn(-c2ccc(NC(=O)c3cc4ccc(OCC)cc4[nH]3)cc2)n1. The number of nitrogens with one attached hydrogen (secondary N) is 2. The smallest absolute Gasteiger partial charge is 0.358 e. The second-order valence-corrected chi connectivity index (χ2v) is 6.73. The lowest BCUT2D eigenvalue weighted by Gasteiger charge is -2.06. The van der Waals surface area contributed by atoms with E-state index >= 15 is 0 Å². The number of ether oxygens (including phenoxy) is 2. The molecule has 4 aromatic rings. The number of anilines is 1. The molecule has 0 aliphatic heterocycles. The summed E-state index contributed by atoms with van der Waals surface area (Å²) < 4.78 is 12.0. The third-order valence-corrected chi connectivity index (χ3v) is 4.61. The first-order valence-electron chi connectivity index (χ1n) is 9.97. The minimum Gasteiger partial charge on any atom is -0.494 e. The molecule has 0 aliphatic rings. The fraction of sp³-hybridized carbons (Fsp3) is 0.174. The van der Waals surface area contributed by atoms with E-state index in [1.54, 1.807) is 54.2 Å². The first-order chi connectivity index (χ1) is 15.1. The van der Waals surface area contributed by atoms with Crippen molar-refractivity contribution in [1.82, 2.24) is 14.8 Å². The maximum atomic E-state index is 12.6. The van der Waals surface area contributed by atoms with Crippen molar-refractivity contribution in [3.63, 3.8) is 0 Å². The Morgan fingerprint density at radius 2 is 1.84 bits per heavy atom. The number of carbonyl (C=O) groups is 2. The summed E-state index contributed by atoms with van der Waals surface area (Å²) in [4.78, 5) is 27.5. The van der Waals surface area contributed by atoms with Crippen LogP contribution in [0.25, 0.3) is 16.6 Å². The summed E-state index contributed by atoms with van der Waals surface area (Å²) in [5.41, 5.74) is 2.93. The molecule has 2 heterocycles. The van der Waals surface area contributed by atoms with Gasteiger partial charge in [-0.3, -0.25) is 4.79 Å². The third kappa shape index (κ3) is 4.42. The number of rotatable bonds is 7. The van der Waals surface area contributed by atoms with E-state index in [1.165, 1.54) is 0 Å². The molecule has 0 spiro atoms. The summed E-state index contributed by atoms with van der Waals surface area (Å²) in [6.45, 7) is 4.55. The molecule has 31 heavy (non-hydrogen) atoms. The lowest BCUT2D eigenvalue weighted by atomic mass is 10.2. The normalized spacial score (nSPS) is 10.8. The van der Waals surface area contributed by atoms with Crippen molar-refractivity contribution in [2.75, 3.05) is 18.5 Å². The molecule has 1 amide bonds. The minimum atomic E-state index is -0.461. The highest BCUT2D eigenvalue weighted by Gasteiger charge is 2.12. The molecular weight excluding hydrogens is 396 g/mol. The van der Waals surface area contributed by atoms with Crippen molar-refractivity contribution < 1.29 is 19.1 Å². The Bertz CT molecular complexity index is 1220. The van der Waals surface area contributed by atoms with Crippen LogP contribution in [0.4, 0.5) is 5.69 Å². The molecule has 4 rings (SSSR count). The number of fused-ring (bicyclic) bond motifs is 1. The average molecular weight is 418 g/mol. The topological polar surface area (TPSA) is 98.2 Å². The lowest BCUT2D eigenvalue weighted by molar-refractivity contribution is 0.0519. The van der Waals surface area contributed by atoms with Gasteiger partial charge < -0.3 is 19.8 Å². The van der Waals surface area contributed by atoms with Gasteiger partial charge in [-0.15, -0.1) is 0 Å². The van der Waals surface area contributed by atoms with E-state index in [1.807, 2.05) is 25.1 Å². The average Bonchev–Trinajstić information content (AvgIpc) is 3.42. The quantitative estimate of drug-likeness (QED) is 0.439. The molecule has 0 aliphatic carbocycles. The van der Waals surface area contributed by atoms with Gasteiger partial charge in [-0.2, -0.15) is 5.10 Å². The summed E-state index contributed by atoms with van der Waals surface area (Å²) in [6.07, 6.45) is 1.68. The van der Waals surface area contributed by atoms with Gasteiger partial charge in [0.2, 0.25) is 0 Å². The molecule has 0 fully saturated rings.